The molecule has 114 valence electrons. The van der Waals surface area contributed by atoms with Crippen LogP contribution in [0.5, 0.6) is 0 Å². The van der Waals surface area contributed by atoms with Crippen LogP contribution < -0.4 is 0 Å². The van der Waals surface area contributed by atoms with Gasteiger partial charge in [-0.2, -0.15) is 0 Å². The van der Waals surface area contributed by atoms with E-state index < -0.39 is 0 Å². The topological polar surface area (TPSA) is 26.7 Å². The lowest BCUT2D eigenvalue weighted by atomic mass is 10.0. The molecule has 1 rings (SSSR count). The molecule has 0 aliphatic rings. The van der Waals surface area contributed by atoms with Crippen LogP contribution in [-0.2, 0) is 0 Å². The van der Waals surface area contributed by atoms with Gasteiger partial charge in [0.05, 0.1) is 6.10 Å². The Kier molecular flexibility index (Phi) is 7.82. The molecule has 0 saturated heterocycles. The Balaban J connectivity index is 2.42. The van der Waals surface area contributed by atoms with Crippen molar-refractivity contribution in [2.75, 3.05) is 40.3 Å². The van der Waals surface area contributed by atoms with Crippen LogP contribution in [0.2, 0.25) is 0 Å². The molecule has 0 amide bonds. The molecule has 1 atom stereocenters. The van der Waals surface area contributed by atoms with Crippen molar-refractivity contribution >= 4 is 0 Å². The Morgan fingerprint density at radius 1 is 1.00 bits per heavy atom. The zero-order chi connectivity index (χ0) is 15.0. The number of nitrogens with zero attached hydrogens (tertiary/aromatic N) is 2. The maximum Gasteiger partial charge on any atom is 0.0802 e. The predicted octanol–water partition coefficient (Wildman–Crippen LogP) is 2.69. The average molecular weight is 278 g/mol. The molecule has 0 radical (unpaired) electrons. The third-order valence-corrected chi connectivity index (χ3v) is 3.58. The Labute approximate surface area is 124 Å². The van der Waals surface area contributed by atoms with Crippen molar-refractivity contribution in [2.24, 2.45) is 0 Å². The summed E-state index contributed by atoms with van der Waals surface area (Å²) in [5, 5.41) is 10.3. The lowest BCUT2D eigenvalue weighted by Gasteiger charge is -2.24. The molecule has 0 fully saturated rings. The van der Waals surface area contributed by atoms with Crippen LogP contribution in [0.3, 0.4) is 0 Å². The summed E-state index contributed by atoms with van der Waals surface area (Å²) in [6, 6.07) is 8.19. The van der Waals surface area contributed by atoms with Crippen molar-refractivity contribution in [3.8, 4) is 0 Å². The van der Waals surface area contributed by atoms with Gasteiger partial charge in [0, 0.05) is 19.6 Å². The Hall–Kier alpha value is -0.900. The number of likely N-dealkylation sites (N-methyl/N-ethyl adjacent to an activating group) is 1. The van der Waals surface area contributed by atoms with Crippen LogP contribution in [-0.4, -0.2) is 55.2 Å². The summed E-state index contributed by atoms with van der Waals surface area (Å²) >= 11 is 0. The Morgan fingerprint density at radius 3 is 2.20 bits per heavy atom. The normalized spacial score (nSPS) is 13.2. The van der Waals surface area contributed by atoms with E-state index in [1.165, 1.54) is 5.56 Å². The zero-order valence-corrected chi connectivity index (χ0v) is 13.5. The van der Waals surface area contributed by atoms with Crippen LogP contribution in [0.1, 0.15) is 37.0 Å². The monoisotopic (exact) mass is 278 g/mol. The molecule has 0 aliphatic carbocycles. The molecule has 0 bridgehead atoms. The fourth-order valence-corrected chi connectivity index (χ4v) is 2.25. The molecule has 0 spiro atoms. The van der Waals surface area contributed by atoms with Gasteiger partial charge in [0.25, 0.3) is 0 Å². The molecular formula is C17H30N2O. The summed E-state index contributed by atoms with van der Waals surface area (Å²) in [6.45, 7) is 8.48. The highest BCUT2D eigenvalue weighted by Gasteiger charge is 2.10. The maximum atomic E-state index is 10.3. The number of rotatable bonds is 9. The lowest BCUT2D eigenvalue weighted by Crippen LogP contribution is -2.33. The van der Waals surface area contributed by atoms with E-state index in [4.69, 9.17) is 0 Å². The minimum Gasteiger partial charge on any atom is -0.388 e. The van der Waals surface area contributed by atoms with Gasteiger partial charge in [-0.05, 0) is 46.0 Å². The first-order valence-corrected chi connectivity index (χ1v) is 7.64. The van der Waals surface area contributed by atoms with Crippen molar-refractivity contribution in [3.05, 3.63) is 35.4 Å². The maximum absolute atomic E-state index is 10.3. The first-order valence-electron chi connectivity index (χ1n) is 7.64. The second kappa shape index (κ2) is 9.11. The third-order valence-electron chi connectivity index (χ3n) is 3.58. The van der Waals surface area contributed by atoms with Gasteiger partial charge in [0.15, 0.2) is 0 Å². The fourth-order valence-electron chi connectivity index (χ4n) is 2.25. The molecular weight excluding hydrogens is 248 g/mol. The van der Waals surface area contributed by atoms with Gasteiger partial charge < -0.3 is 14.9 Å². The number of benzene rings is 1. The van der Waals surface area contributed by atoms with Crippen molar-refractivity contribution in [2.45, 2.75) is 32.8 Å². The van der Waals surface area contributed by atoms with Gasteiger partial charge >= 0.3 is 0 Å². The summed E-state index contributed by atoms with van der Waals surface area (Å²) in [5.74, 6) is 0. The van der Waals surface area contributed by atoms with Crippen LogP contribution in [0, 0.1) is 6.92 Å². The van der Waals surface area contributed by atoms with E-state index in [1.807, 2.05) is 12.1 Å². The highest BCUT2D eigenvalue weighted by atomic mass is 16.3. The summed E-state index contributed by atoms with van der Waals surface area (Å²) in [6.07, 6.45) is 1.61. The van der Waals surface area contributed by atoms with Crippen molar-refractivity contribution < 1.29 is 5.11 Å². The van der Waals surface area contributed by atoms with E-state index in [1.54, 1.807) is 0 Å². The quantitative estimate of drug-likeness (QED) is 0.752. The van der Waals surface area contributed by atoms with Gasteiger partial charge in [0.1, 0.15) is 0 Å². The molecule has 3 nitrogen and oxygen atoms in total. The van der Waals surface area contributed by atoms with Crippen molar-refractivity contribution in [3.63, 3.8) is 0 Å². The summed E-state index contributed by atoms with van der Waals surface area (Å²) in [7, 11) is 4.20. The molecule has 20 heavy (non-hydrogen) atoms. The molecule has 0 aliphatic heterocycles. The SMILES string of the molecule is CCCN(CCC(O)c1ccc(C)cc1)CCN(C)C. The van der Waals surface area contributed by atoms with Crippen LogP contribution >= 0.6 is 0 Å². The molecule has 0 aromatic heterocycles. The summed E-state index contributed by atoms with van der Waals surface area (Å²) in [5.41, 5.74) is 2.26. The number of aliphatic hydroxyl groups excluding tert-OH is 1. The van der Waals surface area contributed by atoms with E-state index in [2.05, 4.69) is 49.9 Å². The van der Waals surface area contributed by atoms with E-state index in [0.29, 0.717) is 0 Å². The van der Waals surface area contributed by atoms with Crippen molar-refractivity contribution in [1.82, 2.24) is 9.80 Å². The van der Waals surface area contributed by atoms with Gasteiger partial charge in [0.2, 0.25) is 0 Å². The molecule has 0 saturated carbocycles. The summed E-state index contributed by atoms with van der Waals surface area (Å²) in [4.78, 5) is 4.65. The fraction of sp³-hybridized carbons (Fsp3) is 0.647. The summed E-state index contributed by atoms with van der Waals surface area (Å²) < 4.78 is 0. The number of aryl methyl sites for hydroxylation is 1. The first kappa shape index (κ1) is 17.2. The standard InChI is InChI=1S/C17H30N2O/c1-5-11-19(14-13-18(3)4)12-10-17(20)16-8-6-15(2)7-9-16/h6-9,17,20H,5,10-14H2,1-4H3. The van der Waals surface area contributed by atoms with Gasteiger partial charge in [-0.1, -0.05) is 36.8 Å². The Bertz CT molecular complexity index is 362. The smallest absolute Gasteiger partial charge is 0.0802 e. The van der Waals surface area contributed by atoms with E-state index in [0.717, 1.165) is 44.6 Å². The van der Waals surface area contributed by atoms with Gasteiger partial charge in [-0.15, -0.1) is 0 Å². The lowest BCUT2D eigenvalue weighted by molar-refractivity contribution is 0.138. The molecule has 1 unspecified atom stereocenters. The third kappa shape index (κ3) is 6.51. The highest BCUT2D eigenvalue weighted by molar-refractivity contribution is 5.22. The number of hydrogen-bond donors (Lipinski definition) is 1. The molecule has 1 aromatic carbocycles. The minimum absolute atomic E-state index is 0.352. The second-order valence-corrected chi connectivity index (χ2v) is 5.86. The number of aliphatic hydroxyl groups is 1. The first-order chi connectivity index (χ1) is 9.52. The molecule has 1 aromatic rings. The van der Waals surface area contributed by atoms with E-state index >= 15 is 0 Å². The zero-order valence-electron chi connectivity index (χ0n) is 13.5. The minimum atomic E-state index is -0.352. The average Bonchev–Trinajstić information content (AvgIpc) is 2.42. The molecule has 3 heteroatoms. The van der Waals surface area contributed by atoms with Crippen LogP contribution in [0.25, 0.3) is 0 Å². The second-order valence-electron chi connectivity index (χ2n) is 5.86. The molecule has 0 heterocycles. The van der Waals surface area contributed by atoms with Crippen molar-refractivity contribution in [1.29, 1.82) is 0 Å². The van der Waals surface area contributed by atoms with Crippen LogP contribution in [0.4, 0.5) is 0 Å². The van der Waals surface area contributed by atoms with E-state index in [9.17, 15) is 5.11 Å². The van der Waals surface area contributed by atoms with Gasteiger partial charge in [-0.3, -0.25) is 0 Å². The number of hydrogen-bond acceptors (Lipinski definition) is 3. The highest BCUT2D eigenvalue weighted by Crippen LogP contribution is 2.17. The Morgan fingerprint density at radius 2 is 1.65 bits per heavy atom. The largest absolute Gasteiger partial charge is 0.388 e. The van der Waals surface area contributed by atoms with Gasteiger partial charge in [-0.25, -0.2) is 0 Å². The van der Waals surface area contributed by atoms with E-state index in [-0.39, 0.29) is 6.10 Å². The predicted molar refractivity (Wildman–Crippen MR) is 86.0 cm³/mol. The van der Waals surface area contributed by atoms with Crippen LogP contribution in [0.15, 0.2) is 24.3 Å². The molecule has 1 N–H and O–H groups in total.